The van der Waals surface area contributed by atoms with Crippen LogP contribution in [-0.4, -0.2) is 49.0 Å². The SMILES string of the molecule is CN1CCC(N(C)c2nc3ccc(NC(=O)c4ccc(-c5ccc(F)cc5)cc4)cc3s2)C1.Cl. The maximum absolute atomic E-state index is 13.1. The van der Waals surface area contributed by atoms with E-state index in [9.17, 15) is 9.18 Å². The van der Waals surface area contributed by atoms with Crippen LogP contribution in [0.5, 0.6) is 0 Å². The number of benzene rings is 3. The van der Waals surface area contributed by atoms with Gasteiger partial charge >= 0.3 is 0 Å². The average molecular weight is 497 g/mol. The maximum Gasteiger partial charge on any atom is 0.255 e. The first-order chi connectivity index (χ1) is 16.0. The maximum atomic E-state index is 13.1. The normalized spacial score (nSPS) is 15.8. The first-order valence-electron chi connectivity index (χ1n) is 11.0. The Morgan fingerprint density at radius 2 is 1.76 bits per heavy atom. The van der Waals surface area contributed by atoms with Gasteiger partial charge in [0, 0.05) is 30.9 Å². The minimum Gasteiger partial charge on any atom is -0.347 e. The Labute approximate surface area is 208 Å². The first kappa shape index (κ1) is 24.1. The second kappa shape index (κ2) is 10.1. The number of thiazole rings is 1. The Hall–Kier alpha value is -3.00. The molecule has 0 bridgehead atoms. The van der Waals surface area contributed by atoms with Crippen molar-refractivity contribution in [2.24, 2.45) is 0 Å². The largest absolute Gasteiger partial charge is 0.347 e. The predicted octanol–water partition coefficient (Wildman–Crippen LogP) is 5.92. The molecular formula is C26H26ClFN4OS. The van der Waals surface area contributed by atoms with Crippen molar-refractivity contribution in [3.63, 3.8) is 0 Å². The van der Waals surface area contributed by atoms with E-state index in [1.54, 1.807) is 35.6 Å². The summed E-state index contributed by atoms with van der Waals surface area (Å²) in [7, 11) is 4.26. The van der Waals surface area contributed by atoms with Crippen LogP contribution in [0.4, 0.5) is 15.2 Å². The minimum atomic E-state index is -0.266. The third-order valence-electron chi connectivity index (χ3n) is 6.18. The molecule has 0 radical (unpaired) electrons. The summed E-state index contributed by atoms with van der Waals surface area (Å²) in [5.74, 6) is -0.437. The molecule has 0 spiro atoms. The molecule has 1 unspecified atom stereocenters. The zero-order chi connectivity index (χ0) is 22.9. The van der Waals surface area contributed by atoms with E-state index in [1.807, 2.05) is 30.3 Å². The van der Waals surface area contributed by atoms with E-state index in [0.29, 0.717) is 11.6 Å². The molecule has 1 aliphatic rings. The summed E-state index contributed by atoms with van der Waals surface area (Å²) in [5, 5.41) is 3.99. The Morgan fingerprint density at radius 1 is 1.09 bits per heavy atom. The second-order valence-corrected chi connectivity index (χ2v) is 9.54. The highest BCUT2D eigenvalue weighted by Crippen LogP contribution is 2.32. The number of nitrogens with one attached hydrogen (secondary N) is 1. The van der Waals surface area contributed by atoms with Crippen LogP contribution in [0.2, 0.25) is 0 Å². The number of halogens is 2. The van der Waals surface area contributed by atoms with Gasteiger partial charge in [0.05, 0.1) is 10.2 Å². The molecule has 1 aliphatic heterocycles. The number of anilines is 2. The van der Waals surface area contributed by atoms with Crippen LogP contribution in [0, 0.1) is 5.82 Å². The Balaban J connectivity index is 0.00000274. The number of likely N-dealkylation sites (tertiary alicyclic amines) is 1. The lowest BCUT2D eigenvalue weighted by Gasteiger charge is -2.23. The summed E-state index contributed by atoms with van der Waals surface area (Å²) in [6.07, 6.45) is 1.14. The molecule has 8 heteroatoms. The lowest BCUT2D eigenvalue weighted by molar-refractivity contribution is 0.102. The van der Waals surface area contributed by atoms with Crippen molar-refractivity contribution >= 4 is 50.7 Å². The van der Waals surface area contributed by atoms with Gasteiger partial charge in [0.1, 0.15) is 5.82 Å². The number of likely N-dealkylation sites (N-methyl/N-ethyl adjacent to an activating group) is 2. The van der Waals surface area contributed by atoms with Gasteiger partial charge in [-0.25, -0.2) is 9.37 Å². The zero-order valence-corrected chi connectivity index (χ0v) is 20.6. The van der Waals surface area contributed by atoms with Crippen molar-refractivity contribution in [2.75, 3.05) is 37.4 Å². The minimum absolute atomic E-state index is 0. The standard InChI is InChI=1S/C26H25FN4OS.ClH/c1-30-14-13-22(16-30)31(2)26-29-23-12-11-21(15-24(23)33-26)28-25(32)19-5-3-17(4-6-19)18-7-9-20(27)10-8-18;/h3-12,15,22H,13-14,16H2,1-2H3,(H,28,32);1H. The van der Waals surface area contributed by atoms with E-state index in [0.717, 1.165) is 51.7 Å². The van der Waals surface area contributed by atoms with Gasteiger partial charge in [-0.15, -0.1) is 12.4 Å². The molecule has 1 saturated heterocycles. The third-order valence-corrected chi connectivity index (χ3v) is 7.28. The van der Waals surface area contributed by atoms with E-state index >= 15 is 0 Å². The van der Waals surface area contributed by atoms with E-state index in [-0.39, 0.29) is 24.1 Å². The van der Waals surface area contributed by atoms with Gasteiger partial charge in [0.2, 0.25) is 0 Å². The highest BCUT2D eigenvalue weighted by molar-refractivity contribution is 7.22. The number of amides is 1. The van der Waals surface area contributed by atoms with Crippen LogP contribution < -0.4 is 10.2 Å². The second-order valence-electron chi connectivity index (χ2n) is 8.53. The van der Waals surface area contributed by atoms with Crippen molar-refractivity contribution in [3.8, 4) is 11.1 Å². The Morgan fingerprint density at radius 3 is 2.41 bits per heavy atom. The van der Waals surface area contributed by atoms with Crippen molar-refractivity contribution in [3.05, 3.63) is 78.1 Å². The van der Waals surface area contributed by atoms with E-state index < -0.39 is 0 Å². The number of fused-ring (bicyclic) bond motifs is 1. The lowest BCUT2D eigenvalue weighted by atomic mass is 10.0. The molecule has 1 fully saturated rings. The topological polar surface area (TPSA) is 48.5 Å². The number of carbonyl (C=O) groups excluding carboxylic acids is 1. The van der Waals surface area contributed by atoms with Gasteiger partial charge in [-0.05, 0) is 73.6 Å². The number of aromatic nitrogens is 1. The average Bonchev–Trinajstić information content (AvgIpc) is 3.45. The van der Waals surface area contributed by atoms with Crippen molar-refractivity contribution in [1.29, 1.82) is 0 Å². The van der Waals surface area contributed by atoms with Crippen LogP contribution in [0.15, 0.2) is 66.7 Å². The van der Waals surface area contributed by atoms with Gasteiger partial charge in [0.25, 0.3) is 5.91 Å². The van der Waals surface area contributed by atoms with E-state index in [2.05, 4.69) is 29.2 Å². The van der Waals surface area contributed by atoms with Gasteiger partial charge in [-0.3, -0.25) is 4.79 Å². The molecular weight excluding hydrogens is 471 g/mol. The predicted molar refractivity (Wildman–Crippen MR) is 141 cm³/mol. The monoisotopic (exact) mass is 496 g/mol. The summed E-state index contributed by atoms with van der Waals surface area (Å²) in [5.41, 5.74) is 4.09. The summed E-state index contributed by atoms with van der Waals surface area (Å²) < 4.78 is 14.2. The summed E-state index contributed by atoms with van der Waals surface area (Å²) in [6, 6.07) is 19.9. The van der Waals surface area contributed by atoms with Crippen LogP contribution in [0.1, 0.15) is 16.8 Å². The summed E-state index contributed by atoms with van der Waals surface area (Å²) in [6.45, 7) is 2.16. The smallest absolute Gasteiger partial charge is 0.255 e. The molecule has 176 valence electrons. The van der Waals surface area contributed by atoms with Crippen LogP contribution in [0.25, 0.3) is 21.3 Å². The molecule has 3 aromatic carbocycles. The zero-order valence-electron chi connectivity index (χ0n) is 19.0. The third kappa shape index (κ3) is 5.06. The molecule has 1 N–H and O–H groups in total. The number of hydrogen-bond acceptors (Lipinski definition) is 5. The molecule has 5 rings (SSSR count). The highest BCUT2D eigenvalue weighted by atomic mass is 35.5. The summed E-state index contributed by atoms with van der Waals surface area (Å²) >= 11 is 1.65. The first-order valence-corrected chi connectivity index (χ1v) is 11.8. The van der Waals surface area contributed by atoms with Gasteiger partial charge in [0.15, 0.2) is 5.13 Å². The Bertz CT molecular complexity index is 1290. The fourth-order valence-corrected chi connectivity index (χ4v) is 5.22. The molecule has 2 heterocycles. The van der Waals surface area contributed by atoms with Crippen LogP contribution in [0.3, 0.4) is 0 Å². The van der Waals surface area contributed by atoms with Gasteiger partial charge in [-0.2, -0.15) is 0 Å². The summed E-state index contributed by atoms with van der Waals surface area (Å²) in [4.78, 5) is 22.2. The van der Waals surface area contributed by atoms with Crippen molar-refractivity contribution < 1.29 is 9.18 Å². The molecule has 0 saturated carbocycles. The quantitative estimate of drug-likeness (QED) is 0.373. The molecule has 34 heavy (non-hydrogen) atoms. The number of hydrogen-bond donors (Lipinski definition) is 1. The fourth-order valence-electron chi connectivity index (χ4n) is 4.18. The number of nitrogens with zero attached hydrogens (tertiary/aromatic N) is 3. The molecule has 1 aromatic heterocycles. The van der Waals surface area contributed by atoms with Gasteiger partial charge in [-0.1, -0.05) is 35.6 Å². The number of rotatable bonds is 5. The molecule has 0 aliphatic carbocycles. The lowest BCUT2D eigenvalue weighted by Crippen LogP contribution is -2.33. The van der Waals surface area contributed by atoms with Crippen LogP contribution in [-0.2, 0) is 0 Å². The van der Waals surface area contributed by atoms with Gasteiger partial charge < -0.3 is 15.1 Å². The fraction of sp³-hybridized carbons (Fsp3) is 0.231. The van der Waals surface area contributed by atoms with Crippen molar-refractivity contribution in [1.82, 2.24) is 9.88 Å². The molecule has 5 nitrogen and oxygen atoms in total. The molecule has 1 amide bonds. The van der Waals surface area contributed by atoms with E-state index in [4.69, 9.17) is 4.98 Å². The highest BCUT2D eigenvalue weighted by Gasteiger charge is 2.25. The number of carbonyl (C=O) groups is 1. The van der Waals surface area contributed by atoms with Crippen molar-refractivity contribution in [2.45, 2.75) is 12.5 Å². The molecule has 1 atom stereocenters. The van der Waals surface area contributed by atoms with E-state index in [1.165, 1.54) is 12.1 Å². The van der Waals surface area contributed by atoms with Crippen LogP contribution >= 0.6 is 23.7 Å². The Kier molecular flexibility index (Phi) is 7.16. The molecule has 4 aromatic rings.